The van der Waals surface area contributed by atoms with Gasteiger partial charge < -0.3 is 9.80 Å². The molecule has 2 saturated heterocycles. The first kappa shape index (κ1) is 22.4. The van der Waals surface area contributed by atoms with Crippen LogP contribution in [0.25, 0.3) is 0 Å². The number of hydrogen-bond acceptors (Lipinski definition) is 4. The van der Waals surface area contributed by atoms with Crippen molar-refractivity contribution in [3.8, 4) is 0 Å². The Morgan fingerprint density at radius 3 is 2.58 bits per heavy atom. The largest absolute Gasteiger partial charge is 0.342 e. The van der Waals surface area contributed by atoms with Crippen molar-refractivity contribution in [2.45, 2.75) is 38.6 Å². The van der Waals surface area contributed by atoms with E-state index in [0.29, 0.717) is 19.6 Å². The van der Waals surface area contributed by atoms with Crippen molar-refractivity contribution in [2.75, 3.05) is 39.3 Å². The zero-order valence-electron chi connectivity index (χ0n) is 19.2. The van der Waals surface area contributed by atoms with E-state index in [2.05, 4.69) is 23.1 Å². The summed E-state index contributed by atoms with van der Waals surface area (Å²) >= 11 is 6.33. The lowest BCUT2D eigenvalue weighted by Crippen LogP contribution is -2.53. The normalized spacial score (nSPS) is 23.5. The highest BCUT2D eigenvalue weighted by atomic mass is 35.5. The zero-order valence-corrected chi connectivity index (χ0v) is 19.9. The third-order valence-electron chi connectivity index (χ3n) is 7.46. The fourth-order valence-corrected chi connectivity index (χ4v) is 5.87. The Morgan fingerprint density at radius 1 is 1.00 bits per heavy atom. The number of aromatic nitrogens is 1. The van der Waals surface area contributed by atoms with Gasteiger partial charge in [0.15, 0.2) is 0 Å². The molecule has 174 valence electrons. The molecule has 1 aromatic carbocycles. The van der Waals surface area contributed by atoms with Crippen LogP contribution in [0.4, 0.5) is 0 Å². The maximum atomic E-state index is 13.2. The Balaban J connectivity index is 1.34. The van der Waals surface area contributed by atoms with Crippen LogP contribution < -0.4 is 0 Å². The van der Waals surface area contributed by atoms with Crippen LogP contribution in [-0.4, -0.2) is 70.8 Å². The molecule has 6 nitrogen and oxygen atoms in total. The van der Waals surface area contributed by atoms with E-state index in [9.17, 15) is 9.59 Å². The molecule has 2 atom stereocenters. The highest BCUT2D eigenvalue weighted by molar-refractivity contribution is 6.30. The molecule has 2 aromatic rings. The number of likely N-dealkylation sites (tertiary alicyclic amines) is 1. The van der Waals surface area contributed by atoms with E-state index in [-0.39, 0.29) is 23.8 Å². The highest BCUT2D eigenvalue weighted by Gasteiger charge is 2.35. The van der Waals surface area contributed by atoms with Crippen LogP contribution in [0.5, 0.6) is 0 Å². The van der Waals surface area contributed by atoms with Crippen LogP contribution in [0.2, 0.25) is 5.02 Å². The summed E-state index contributed by atoms with van der Waals surface area (Å²) in [6.45, 7) is 5.94. The van der Waals surface area contributed by atoms with E-state index in [1.54, 1.807) is 6.92 Å². The minimum absolute atomic E-state index is 0.0654. The molecule has 1 aromatic heterocycles. The minimum atomic E-state index is -0.0719. The molecule has 1 aliphatic carbocycles. The van der Waals surface area contributed by atoms with Gasteiger partial charge in [-0.05, 0) is 60.6 Å². The van der Waals surface area contributed by atoms with Gasteiger partial charge in [0.25, 0.3) is 0 Å². The average molecular weight is 467 g/mol. The maximum absolute atomic E-state index is 13.2. The smallest absolute Gasteiger partial charge is 0.227 e. The molecule has 0 bridgehead atoms. The minimum Gasteiger partial charge on any atom is -0.342 e. The summed E-state index contributed by atoms with van der Waals surface area (Å²) in [7, 11) is 0. The van der Waals surface area contributed by atoms with Gasteiger partial charge in [0.2, 0.25) is 11.8 Å². The third-order valence-corrected chi connectivity index (χ3v) is 7.69. The molecule has 0 spiro atoms. The molecule has 2 fully saturated rings. The number of benzene rings is 1. The van der Waals surface area contributed by atoms with Crippen LogP contribution >= 0.6 is 11.6 Å². The summed E-state index contributed by atoms with van der Waals surface area (Å²) < 4.78 is 0. The molecule has 2 amide bonds. The number of aryl methyl sites for hydroxylation is 2. The van der Waals surface area contributed by atoms with Crippen molar-refractivity contribution in [2.24, 2.45) is 5.92 Å². The molecular formula is C26H31ClN4O2. The lowest BCUT2D eigenvalue weighted by atomic mass is 9.95. The summed E-state index contributed by atoms with van der Waals surface area (Å²) in [5, 5.41) is 0.772. The highest BCUT2D eigenvalue weighted by Crippen LogP contribution is 2.37. The zero-order chi connectivity index (χ0) is 22.9. The number of piperidine rings is 1. The summed E-state index contributed by atoms with van der Waals surface area (Å²) in [5.41, 5.74) is 4.99. The van der Waals surface area contributed by atoms with Gasteiger partial charge in [0.1, 0.15) is 0 Å². The number of rotatable bonds is 2. The predicted molar refractivity (Wildman–Crippen MR) is 128 cm³/mol. The number of nitrogens with zero attached hydrogens (tertiary/aromatic N) is 4. The van der Waals surface area contributed by atoms with Crippen LogP contribution in [0, 0.1) is 5.92 Å². The van der Waals surface area contributed by atoms with Crippen LogP contribution in [0.3, 0.4) is 0 Å². The number of carbonyl (C=O) groups excluding carboxylic acids is 2. The van der Waals surface area contributed by atoms with E-state index in [0.717, 1.165) is 56.0 Å². The quantitative estimate of drug-likeness (QED) is 0.681. The predicted octanol–water partition coefficient (Wildman–Crippen LogP) is 3.33. The molecule has 33 heavy (non-hydrogen) atoms. The Kier molecular flexibility index (Phi) is 6.39. The van der Waals surface area contributed by atoms with Crippen molar-refractivity contribution in [1.82, 2.24) is 19.7 Å². The van der Waals surface area contributed by atoms with Crippen molar-refractivity contribution >= 4 is 23.4 Å². The van der Waals surface area contributed by atoms with Crippen molar-refractivity contribution in [1.29, 1.82) is 0 Å². The maximum Gasteiger partial charge on any atom is 0.227 e. The Bertz CT molecular complexity index is 1050. The monoisotopic (exact) mass is 466 g/mol. The van der Waals surface area contributed by atoms with E-state index in [1.807, 2.05) is 28.1 Å². The Hall–Kier alpha value is -2.44. The summed E-state index contributed by atoms with van der Waals surface area (Å²) in [5.74, 6) is 0.195. The van der Waals surface area contributed by atoms with Gasteiger partial charge >= 0.3 is 0 Å². The molecule has 5 rings (SSSR count). The summed E-state index contributed by atoms with van der Waals surface area (Å²) in [4.78, 5) is 36.1. The lowest BCUT2D eigenvalue weighted by molar-refractivity contribution is -0.141. The number of fused-ring (bicyclic) bond motifs is 2. The van der Waals surface area contributed by atoms with Crippen LogP contribution in [0.15, 0.2) is 36.5 Å². The van der Waals surface area contributed by atoms with Crippen molar-refractivity contribution in [3.63, 3.8) is 0 Å². The van der Waals surface area contributed by atoms with Crippen LogP contribution in [-0.2, 0) is 22.4 Å². The van der Waals surface area contributed by atoms with E-state index in [4.69, 9.17) is 16.6 Å². The van der Waals surface area contributed by atoms with Gasteiger partial charge in [-0.2, -0.15) is 0 Å². The Morgan fingerprint density at radius 2 is 1.79 bits per heavy atom. The summed E-state index contributed by atoms with van der Waals surface area (Å²) in [6.07, 6.45) is 5.57. The van der Waals surface area contributed by atoms with Gasteiger partial charge in [-0.25, -0.2) is 0 Å². The first-order valence-corrected chi connectivity index (χ1v) is 12.4. The first-order chi connectivity index (χ1) is 16.0. The number of hydrogen-bond donors (Lipinski definition) is 0. The summed E-state index contributed by atoms with van der Waals surface area (Å²) in [6, 6.07) is 10.5. The molecule has 2 unspecified atom stereocenters. The second-order valence-electron chi connectivity index (χ2n) is 9.46. The van der Waals surface area contributed by atoms with Gasteiger partial charge in [-0.15, -0.1) is 0 Å². The van der Waals surface area contributed by atoms with Gasteiger partial charge in [0.05, 0.1) is 17.7 Å². The molecule has 3 heterocycles. The fraction of sp³-hybridized carbons (Fsp3) is 0.500. The van der Waals surface area contributed by atoms with Gasteiger partial charge in [-0.3, -0.25) is 19.5 Å². The second kappa shape index (κ2) is 9.43. The lowest BCUT2D eigenvalue weighted by Gasteiger charge is -2.41. The molecule has 0 saturated carbocycles. The topological polar surface area (TPSA) is 56.8 Å². The number of halogens is 1. The van der Waals surface area contributed by atoms with Crippen LogP contribution in [0.1, 0.15) is 48.2 Å². The fourth-order valence-electron chi connectivity index (χ4n) is 5.68. The third kappa shape index (κ3) is 4.51. The molecule has 7 heteroatoms. The number of carbonyl (C=O) groups is 2. The van der Waals surface area contributed by atoms with Gasteiger partial charge in [-0.1, -0.05) is 23.7 Å². The molecule has 3 aliphatic rings. The standard InChI is InChI=1S/C26H31ClN4O2/c1-18(32)31-11-3-5-21(17-31)26(33)30-14-12-29(13-15-30)25-23-9-8-22(27)16-20(23)7-6-19-4-2-10-28-24(19)25/h2,4,8-10,16,21,25H,3,5-7,11-15,17H2,1H3. The van der Waals surface area contributed by atoms with E-state index >= 15 is 0 Å². The SMILES string of the molecule is CC(=O)N1CCCC(C(=O)N2CCN(C3c4ccc(Cl)cc4CCc4cccnc43)CC2)C1. The second-order valence-corrected chi connectivity index (χ2v) is 9.90. The number of pyridine rings is 1. The Labute approximate surface area is 200 Å². The number of amides is 2. The van der Waals surface area contributed by atoms with E-state index < -0.39 is 0 Å². The molecule has 2 aliphatic heterocycles. The average Bonchev–Trinajstić information content (AvgIpc) is 3.00. The van der Waals surface area contributed by atoms with Crippen molar-refractivity contribution in [3.05, 3.63) is 63.9 Å². The van der Waals surface area contributed by atoms with Gasteiger partial charge in [0, 0.05) is 57.4 Å². The molecular weight excluding hydrogens is 436 g/mol. The van der Waals surface area contributed by atoms with E-state index in [1.165, 1.54) is 16.7 Å². The molecule has 0 radical (unpaired) electrons. The number of piperazine rings is 1. The van der Waals surface area contributed by atoms with Crippen molar-refractivity contribution < 1.29 is 9.59 Å². The molecule has 0 N–H and O–H groups in total. The first-order valence-electron chi connectivity index (χ1n) is 12.0.